The summed E-state index contributed by atoms with van der Waals surface area (Å²) in [6.07, 6.45) is -1.42. The van der Waals surface area contributed by atoms with Gasteiger partial charge in [-0.1, -0.05) is 77.4 Å². The molecule has 0 spiro atoms. The van der Waals surface area contributed by atoms with E-state index in [9.17, 15) is 24.8 Å². The Bertz CT molecular complexity index is 1560. The van der Waals surface area contributed by atoms with Crippen LogP contribution in [-0.2, 0) is 16.0 Å². The first kappa shape index (κ1) is 27.9. The molecule has 0 aliphatic rings. The Hall–Kier alpha value is -5.14. The molecule has 3 aromatic carbocycles. The van der Waals surface area contributed by atoms with Gasteiger partial charge in [0.15, 0.2) is 5.76 Å². The van der Waals surface area contributed by atoms with E-state index in [1.165, 1.54) is 24.3 Å². The predicted molar refractivity (Wildman–Crippen MR) is 146 cm³/mol. The van der Waals surface area contributed by atoms with Gasteiger partial charge in [-0.05, 0) is 30.7 Å². The predicted octanol–water partition coefficient (Wildman–Crippen LogP) is 5.60. The van der Waals surface area contributed by atoms with E-state index in [0.29, 0.717) is 16.1 Å². The van der Waals surface area contributed by atoms with Crippen molar-refractivity contribution < 1.29 is 28.8 Å². The van der Waals surface area contributed by atoms with Crippen LogP contribution in [0.15, 0.2) is 83.4 Å². The first-order valence-corrected chi connectivity index (χ1v) is 12.4. The molecular formula is C29H23ClN4O6. The minimum Gasteiger partial charge on any atom is -0.480 e. The molecule has 1 aromatic heterocycles. The number of amides is 2. The van der Waals surface area contributed by atoms with Crippen molar-refractivity contribution in [3.63, 3.8) is 0 Å². The van der Waals surface area contributed by atoms with Gasteiger partial charge in [-0.15, -0.1) is 0 Å². The zero-order chi connectivity index (χ0) is 28.6. The van der Waals surface area contributed by atoms with Crippen molar-refractivity contribution in [2.45, 2.75) is 25.5 Å². The van der Waals surface area contributed by atoms with Crippen LogP contribution in [0.2, 0.25) is 5.02 Å². The van der Waals surface area contributed by atoms with Gasteiger partial charge in [0, 0.05) is 28.1 Å². The van der Waals surface area contributed by atoms with Crippen molar-refractivity contribution in [1.29, 1.82) is 5.26 Å². The van der Waals surface area contributed by atoms with E-state index >= 15 is 0 Å². The van der Waals surface area contributed by atoms with Gasteiger partial charge in [0.2, 0.25) is 5.69 Å². The molecule has 4 rings (SSSR count). The van der Waals surface area contributed by atoms with Crippen molar-refractivity contribution >= 4 is 35.3 Å². The van der Waals surface area contributed by atoms with Crippen LogP contribution < -0.4 is 10.6 Å². The molecule has 0 saturated heterocycles. The summed E-state index contributed by atoms with van der Waals surface area (Å²) in [5.41, 5.74) is 1.79. The van der Waals surface area contributed by atoms with Crippen LogP contribution in [0.3, 0.4) is 0 Å². The molecule has 11 heteroatoms. The fraction of sp³-hybridized carbons (Fsp3) is 0.138. The van der Waals surface area contributed by atoms with Crippen LogP contribution >= 0.6 is 11.6 Å². The zero-order valence-electron chi connectivity index (χ0n) is 21.1. The lowest BCUT2D eigenvalue weighted by atomic mass is 10.0. The first-order valence-electron chi connectivity index (χ1n) is 12.1. The second-order valence-corrected chi connectivity index (χ2v) is 9.08. The second kappa shape index (κ2) is 12.6. The largest absolute Gasteiger partial charge is 0.480 e. The average Bonchev–Trinajstić information content (AvgIpc) is 3.35. The van der Waals surface area contributed by atoms with Gasteiger partial charge in [0.1, 0.15) is 23.9 Å². The highest BCUT2D eigenvalue weighted by atomic mass is 35.5. The number of nitrogens with zero attached hydrogens (tertiary/aromatic N) is 2. The standard InChI is InChI=1S/C29H23ClN4O6/c1-17(21-9-5-6-10-22(21)30)39-29(38)33-25-24(16-31)34-40-26(25)19-11-13-20(14-12-19)27(35)32-23(28(36)37)15-18-7-3-2-4-8-18/h2-14,17,23H,15H2,1H3,(H,32,35)(H,33,38)(H,36,37). The SMILES string of the molecule is CC(OC(=O)Nc1c(C#N)noc1-c1ccc(C(=O)NC(Cc2ccccc2)C(=O)O)cc1)c1ccccc1Cl. The number of carbonyl (C=O) groups excluding carboxylic acids is 2. The molecule has 0 aliphatic heterocycles. The normalized spacial score (nSPS) is 12.0. The molecule has 2 atom stereocenters. The van der Waals surface area contributed by atoms with Crippen LogP contribution in [0.4, 0.5) is 10.5 Å². The number of hydrogen-bond donors (Lipinski definition) is 3. The number of benzene rings is 3. The molecule has 1 heterocycles. The number of carbonyl (C=O) groups is 3. The van der Waals surface area contributed by atoms with E-state index < -0.39 is 30.1 Å². The first-order chi connectivity index (χ1) is 19.3. The summed E-state index contributed by atoms with van der Waals surface area (Å²) in [5.74, 6) is -1.68. The van der Waals surface area contributed by atoms with Crippen molar-refractivity contribution in [3.05, 3.63) is 106 Å². The summed E-state index contributed by atoms with van der Waals surface area (Å²) in [6, 6.07) is 22.6. The fourth-order valence-corrected chi connectivity index (χ4v) is 4.19. The summed E-state index contributed by atoms with van der Waals surface area (Å²) < 4.78 is 10.7. The van der Waals surface area contributed by atoms with E-state index in [-0.39, 0.29) is 29.1 Å². The number of carboxylic acids is 1. The van der Waals surface area contributed by atoms with Gasteiger partial charge in [-0.2, -0.15) is 5.26 Å². The van der Waals surface area contributed by atoms with Crippen LogP contribution in [0, 0.1) is 11.3 Å². The average molecular weight is 559 g/mol. The molecule has 0 saturated carbocycles. The molecule has 40 heavy (non-hydrogen) atoms. The topological polar surface area (TPSA) is 155 Å². The molecule has 0 fully saturated rings. The van der Waals surface area contributed by atoms with Crippen molar-refractivity contribution in [3.8, 4) is 17.4 Å². The number of nitrogens with one attached hydrogen (secondary N) is 2. The lowest BCUT2D eigenvalue weighted by molar-refractivity contribution is -0.139. The van der Waals surface area contributed by atoms with Crippen LogP contribution in [0.5, 0.6) is 0 Å². The minimum absolute atomic E-state index is 0.00939. The number of halogens is 1. The van der Waals surface area contributed by atoms with Gasteiger partial charge >= 0.3 is 12.1 Å². The molecule has 3 N–H and O–H groups in total. The number of hydrogen-bond acceptors (Lipinski definition) is 7. The minimum atomic E-state index is -1.16. The van der Waals surface area contributed by atoms with Crippen molar-refractivity contribution in [2.75, 3.05) is 5.32 Å². The molecule has 2 amide bonds. The summed E-state index contributed by atoms with van der Waals surface area (Å²) in [6.45, 7) is 1.65. The van der Waals surface area contributed by atoms with Crippen molar-refractivity contribution in [2.24, 2.45) is 0 Å². The number of nitriles is 1. The Morgan fingerprint density at radius 3 is 2.38 bits per heavy atom. The number of aliphatic carboxylic acids is 1. The molecule has 202 valence electrons. The highest BCUT2D eigenvalue weighted by Gasteiger charge is 2.24. The second-order valence-electron chi connectivity index (χ2n) is 8.67. The number of anilines is 1. The number of ether oxygens (including phenoxy) is 1. The summed E-state index contributed by atoms with van der Waals surface area (Å²) >= 11 is 6.18. The number of aromatic nitrogens is 1. The fourth-order valence-electron chi connectivity index (χ4n) is 3.90. The van der Waals surface area contributed by atoms with Gasteiger partial charge in [0.05, 0.1) is 0 Å². The quantitative estimate of drug-likeness (QED) is 0.240. The van der Waals surface area contributed by atoms with Crippen LogP contribution in [-0.4, -0.2) is 34.3 Å². The Kier molecular flexibility index (Phi) is 8.79. The van der Waals surface area contributed by atoms with Gasteiger partial charge in [0.25, 0.3) is 5.91 Å². The maximum absolute atomic E-state index is 12.8. The Morgan fingerprint density at radius 1 is 1.05 bits per heavy atom. The van der Waals surface area contributed by atoms with Crippen LogP contribution in [0.25, 0.3) is 11.3 Å². The van der Waals surface area contributed by atoms with E-state index in [0.717, 1.165) is 5.56 Å². The monoisotopic (exact) mass is 558 g/mol. The molecule has 4 aromatic rings. The van der Waals surface area contributed by atoms with Crippen molar-refractivity contribution in [1.82, 2.24) is 10.5 Å². The highest BCUT2D eigenvalue weighted by molar-refractivity contribution is 6.31. The maximum atomic E-state index is 12.8. The molecular weight excluding hydrogens is 536 g/mol. The Labute approximate surface area is 234 Å². The van der Waals surface area contributed by atoms with Gasteiger partial charge in [-0.3, -0.25) is 10.1 Å². The third-order valence-electron chi connectivity index (χ3n) is 5.95. The maximum Gasteiger partial charge on any atom is 0.412 e. The molecule has 10 nitrogen and oxygen atoms in total. The Balaban J connectivity index is 1.47. The van der Waals surface area contributed by atoms with Crippen LogP contribution in [0.1, 0.15) is 40.2 Å². The van der Waals surface area contributed by atoms with E-state index in [2.05, 4.69) is 15.8 Å². The summed E-state index contributed by atoms with van der Waals surface area (Å²) in [5, 5.41) is 28.2. The lowest BCUT2D eigenvalue weighted by Gasteiger charge is -2.15. The smallest absolute Gasteiger partial charge is 0.412 e. The number of rotatable bonds is 9. The highest BCUT2D eigenvalue weighted by Crippen LogP contribution is 2.32. The molecule has 2 unspecified atom stereocenters. The third kappa shape index (κ3) is 6.64. The van der Waals surface area contributed by atoms with Gasteiger partial charge < -0.3 is 19.7 Å². The third-order valence-corrected chi connectivity index (χ3v) is 6.29. The lowest BCUT2D eigenvalue weighted by Crippen LogP contribution is -2.42. The zero-order valence-corrected chi connectivity index (χ0v) is 21.9. The van der Waals surface area contributed by atoms with E-state index in [1.54, 1.807) is 55.5 Å². The summed E-state index contributed by atoms with van der Waals surface area (Å²) in [4.78, 5) is 37.1. The molecule has 0 radical (unpaired) electrons. The molecule has 0 bridgehead atoms. The molecule has 0 aliphatic carbocycles. The Morgan fingerprint density at radius 2 is 1.73 bits per heavy atom. The van der Waals surface area contributed by atoms with E-state index in [1.807, 2.05) is 12.1 Å². The number of carboxylic acid groups (broad SMARTS) is 1. The summed E-state index contributed by atoms with van der Waals surface area (Å²) in [7, 11) is 0. The van der Waals surface area contributed by atoms with E-state index in [4.69, 9.17) is 20.9 Å². The van der Waals surface area contributed by atoms with Gasteiger partial charge in [-0.25, -0.2) is 9.59 Å².